The molecule has 1 heterocycles. The number of rotatable bonds is 8. The van der Waals surface area contributed by atoms with Gasteiger partial charge in [-0.2, -0.15) is 0 Å². The van der Waals surface area contributed by atoms with Gasteiger partial charge >= 0.3 is 5.97 Å². The highest BCUT2D eigenvalue weighted by Crippen LogP contribution is 2.67. The second-order valence-electron chi connectivity index (χ2n) is 12.5. The van der Waals surface area contributed by atoms with Crippen LogP contribution in [-0.4, -0.2) is 45.7 Å². The lowest BCUT2D eigenvalue weighted by molar-refractivity contribution is -0.170. The number of esters is 1. The summed E-state index contributed by atoms with van der Waals surface area (Å²) in [6.45, 7) is 4.16. The van der Waals surface area contributed by atoms with E-state index in [1.807, 2.05) is 19.1 Å². The van der Waals surface area contributed by atoms with Crippen molar-refractivity contribution < 1.29 is 29.0 Å². The van der Waals surface area contributed by atoms with E-state index in [2.05, 4.69) is 17.2 Å². The molecular formula is C31H40N2O6. The van der Waals surface area contributed by atoms with Crippen LogP contribution >= 0.6 is 0 Å². The normalized spacial score (nSPS) is 35.2. The third-order valence-electron chi connectivity index (χ3n) is 10.7. The second kappa shape index (κ2) is 10.6. The summed E-state index contributed by atoms with van der Waals surface area (Å²) in [6.07, 6.45) is 9.55. The maximum absolute atomic E-state index is 13.4. The quantitative estimate of drug-likeness (QED) is 0.484. The van der Waals surface area contributed by atoms with Gasteiger partial charge in [0, 0.05) is 24.5 Å². The number of allylic oxidation sites excluding steroid dienone is 1. The summed E-state index contributed by atoms with van der Waals surface area (Å²) in [4.78, 5) is 54.0. The van der Waals surface area contributed by atoms with E-state index in [1.165, 1.54) is 5.57 Å². The lowest BCUT2D eigenvalue weighted by Gasteiger charge is -2.58. The molecule has 1 aromatic rings. The van der Waals surface area contributed by atoms with Crippen LogP contribution in [0.1, 0.15) is 83.7 Å². The molecule has 3 fully saturated rings. The number of hydrogen-bond donors (Lipinski definition) is 2. The molecule has 0 unspecified atom stereocenters. The number of hydrogen-bond acceptors (Lipinski definition) is 7. The number of amides is 1. The zero-order valence-electron chi connectivity index (χ0n) is 23.0. The molecule has 4 aliphatic rings. The minimum atomic E-state index is -1.53. The van der Waals surface area contributed by atoms with Crippen molar-refractivity contribution in [3.8, 4) is 0 Å². The molecule has 3 saturated carbocycles. The molecule has 1 aromatic heterocycles. The molecule has 210 valence electrons. The van der Waals surface area contributed by atoms with E-state index in [4.69, 9.17) is 4.74 Å². The topological polar surface area (TPSA) is 123 Å². The number of aliphatic hydroxyl groups is 1. The summed E-state index contributed by atoms with van der Waals surface area (Å²) in [5.41, 5.74) is -0.0429. The standard InChI is InChI=1S/C31H40N2O6/c1-29-13-10-22(34)17-20(29)6-7-23-24(29)11-14-30(2)25(23)12-15-31(30,38)26(35)19-39-28(37)9-8-27(36)33-18-21-5-3-4-16-32-21/h3-5,16-17,23-25,38H,6-15,18-19H2,1-2H3,(H,33,36)/t23-,24+,25+,29-,30+,31+/m0/s1. The molecule has 8 nitrogen and oxygen atoms in total. The maximum Gasteiger partial charge on any atom is 0.306 e. The highest BCUT2D eigenvalue weighted by molar-refractivity contribution is 5.92. The lowest BCUT2D eigenvalue weighted by Crippen LogP contribution is -2.58. The van der Waals surface area contributed by atoms with Gasteiger partial charge in [-0.3, -0.25) is 24.2 Å². The first-order chi connectivity index (χ1) is 18.6. The van der Waals surface area contributed by atoms with Crippen molar-refractivity contribution in [3.05, 3.63) is 41.7 Å². The first kappa shape index (κ1) is 27.7. The smallest absolute Gasteiger partial charge is 0.306 e. The third-order valence-corrected chi connectivity index (χ3v) is 10.7. The number of ketones is 2. The van der Waals surface area contributed by atoms with Gasteiger partial charge in [0.05, 0.1) is 18.7 Å². The van der Waals surface area contributed by atoms with Gasteiger partial charge < -0.3 is 15.2 Å². The lowest BCUT2D eigenvalue weighted by atomic mass is 9.46. The molecule has 39 heavy (non-hydrogen) atoms. The molecule has 5 rings (SSSR count). The van der Waals surface area contributed by atoms with Crippen LogP contribution in [0.25, 0.3) is 0 Å². The number of carbonyl (C=O) groups is 4. The van der Waals surface area contributed by atoms with Crippen LogP contribution in [0.2, 0.25) is 0 Å². The monoisotopic (exact) mass is 536 g/mol. The maximum atomic E-state index is 13.4. The van der Waals surface area contributed by atoms with Gasteiger partial charge in [0.2, 0.25) is 11.7 Å². The van der Waals surface area contributed by atoms with Crippen molar-refractivity contribution in [3.63, 3.8) is 0 Å². The molecule has 6 atom stereocenters. The first-order valence-corrected chi connectivity index (χ1v) is 14.4. The Hall–Kier alpha value is -2.87. The largest absolute Gasteiger partial charge is 0.458 e. The van der Waals surface area contributed by atoms with Crippen LogP contribution in [0.5, 0.6) is 0 Å². The van der Waals surface area contributed by atoms with Gasteiger partial charge in [-0.25, -0.2) is 0 Å². The summed E-state index contributed by atoms with van der Waals surface area (Å²) in [6, 6.07) is 5.42. The van der Waals surface area contributed by atoms with Crippen molar-refractivity contribution in [1.82, 2.24) is 10.3 Å². The van der Waals surface area contributed by atoms with E-state index in [9.17, 15) is 24.3 Å². The molecule has 0 spiro atoms. The second-order valence-corrected chi connectivity index (χ2v) is 12.5. The van der Waals surface area contributed by atoms with Crippen LogP contribution in [0, 0.1) is 28.6 Å². The van der Waals surface area contributed by atoms with Crippen LogP contribution < -0.4 is 5.32 Å². The van der Waals surface area contributed by atoms with Gasteiger partial charge in [0.1, 0.15) is 5.60 Å². The number of nitrogens with one attached hydrogen (secondary N) is 1. The average Bonchev–Trinajstić information content (AvgIpc) is 3.21. The fourth-order valence-corrected chi connectivity index (χ4v) is 8.37. The van der Waals surface area contributed by atoms with Crippen LogP contribution in [0.15, 0.2) is 36.0 Å². The minimum absolute atomic E-state index is 0.0301. The average molecular weight is 537 g/mol. The highest BCUT2D eigenvalue weighted by atomic mass is 16.5. The predicted octanol–water partition coefficient (Wildman–Crippen LogP) is 3.85. The molecule has 0 radical (unpaired) electrons. The number of ether oxygens (including phenoxy) is 1. The van der Waals surface area contributed by atoms with Gasteiger partial charge in [-0.1, -0.05) is 25.5 Å². The Morgan fingerprint density at radius 1 is 1.05 bits per heavy atom. The molecule has 8 heteroatoms. The van der Waals surface area contributed by atoms with Crippen molar-refractivity contribution in [1.29, 1.82) is 0 Å². The number of pyridine rings is 1. The zero-order valence-corrected chi connectivity index (χ0v) is 23.0. The fraction of sp³-hybridized carbons (Fsp3) is 0.645. The Bertz CT molecular complexity index is 1180. The molecule has 1 amide bonds. The Balaban J connectivity index is 1.15. The number of carbonyl (C=O) groups excluding carboxylic acids is 4. The van der Waals surface area contributed by atoms with Gasteiger partial charge in [-0.05, 0) is 86.3 Å². The summed E-state index contributed by atoms with van der Waals surface area (Å²) in [5.74, 6) is -0.0379. The zero-order chi connectivity index (χ0) is 27.8. The minimum Gasteiger partial charge on any atom is -0.458 e. The molecule has 0 aromatic carbocycles. The first-order valence-electron chi connectivity index (χ1n) is 14.4. The number of fused-ring (bicyclic) bond motifs is 5. The van der Waals surface area contributed by atoms with E-state index in [-0.39, 0.29) is 42.4 Å². The van der Waals surface area contributed by atoms with Crippen molar-refractivity contribution in [2.24, 2.45) is 28.6 Å². The van der Waals surface area contributed by atoms with E-state index >= 15 is 0 Å². The van der Waals surface area contributed by atoms with Gasteiger partial charge in [-0.15, -0.1) is 0 Å². The van der Waals surface area contributed by atoms with Gasteiger partial charge in [0.25, 0.3) is 0 Å². The predicted molar refractivity (Wildman–Crippen MR) is 143 cm³/mol. The SMILES string of the molecule is C[C@]12CCC(=O)C=C1CC[C@H]1[C@H]2CC[C@]2(C)[C@@H]1CC[C@@]2(O)C(=O)COC(=O)CCC(=O)NCc1ccccn1. The van der Waals surface area contributed by atoms with E-state index < -0.39 is 29.4 Å². The summed E-state index contributed by atoms with van der Waals surface area (Å²) in [7, 11) is 0. The molecule has 0 saturated heterocycles. The summed E-state index contributed by atoms with van der Waals surface area (Å²) < 4.78 is 5.24. The Morgan fingerprint density at radius 2 is 1.85 bits per heavy atom. The van der Waals surface area contributed by atoms with E-state index in [0.717, 1.165) is 44.2 Å². The van der Waals surface area contributed by atoms with Crippen molar-refractivity contribution >= 4 is 23.4 Å². The number of Topliss-reactive ketones (excluding diaryl/α,β-unsaturated/α-hetero) is 1. The van der Waals surface area contributed by atoms with Crippen LogP contribution in [-0.2, 0) is 30.5 Å². The summed E-state index contributed by atoms with van der Waals surface area (Å²) >= 11 is 0. The number of nitrogens with zero attached hydrogens (tertiary/aromatic N) is 1. The Kier molecular flexibility index (Phi) is 7.53. The molecule has 0 aliphatic heterocycles. The van der Waals surface area contributed by atoms with Crippen LogP contribution in [0.3, 0.4) is 0 Å². The van der Waals surface area contributed by atoms with Gasteiger partial charge in [0.15, 0.2) is 12.4 Å². The fourth-order valence-electron chi connectivity index (χ4n) is 8.37. The Morgan fingerprint density at radius 3 is 2.62 bits per heavy atom. The Labute approximate surface area is 230 Å². The van der Waals surface area contributed by atoms with Crippen LogP contribution in [0.4, 0.5) is 0 Å². The van der Waals surface area contributed by atoms with E-state index in [0.29, 0.717) is 24.7 Å². The van der Waals surface area contributed by atoms with Crippen molar-refractivity contribution in [2.75, 3.05) is 6.61 Å². The van der Waals surface area contributed by atoms with E-state index in [1.54, 1.807) is 18.3 Å². The highest BCUT2D eigenvalue weighted by Gasteiger charge is 2.66. The van der Waals surface area contributed by atoms with Crippen molar-refractivity contribution in [2.45, 2.75) is 90.2 Å². The molecule has 4 aliphatic carbocycles. The number of aromatic nitrogens is 1. The molecule has 2 N–H and O–H groups in total. The molecular weight excluding hydrogens is 496 g/mol. The molecule has 0 bridgehead atoms. The summed E-state index contributed by atoms with van der Waals surface area (Å²) in [5, 5.41) is 14.5. The third kappa shape index (κ3) is 4.96.